The molecule has 368 valence electrons. The monoisotopic (exact) mass is 937 g/mol. The number of aliphatic hydroxyl groups excluding tert-OH is 3. The molecule has 18 nitrogen and oxygen atoms in total. The van der Waals surface area contributed by atoms with Gasteiger partial charge in [0.05, 0.1) is 42.3 Å². The normalized spacial score (nSPS) is 37.3. The summed E-state index contributed by atoms with van der Waals surface area (Å²) in [6.07, 6.45) is -11.2. The largest absolute Gasteiger partial charge is 0.459 e. The Morgan fingerprint density at radius 1 is 0.910 bits per heavy atom. The number of carbonyl (C=O) groups excluding carboxylic acids is 5. The van der Waals surface area contributed by atoms with Gasteiger partial charge in [0.2, 0.25) is 6.10 Å². The molecule has 7 rings (SSSR count). The number of nitrogens with one attached hydrogen (secondary N) is 2. The van der Waals surface area contributed by atoms with E-state index in [1.165, 1.54) is 26.0 Å². The lowest BCUT2D eigenvalue weighted by Crippen LogP contribution is -2.83. The summed E-state index contributed by atoms with van der Waals surface area (Å²) in [5, 5.41) is 53.8. The van der Waals surface area contributed by atoms with E-state index in [-0.39, 0.29) is 24.6 Å². The quantitative estimate of drug-likeness (QED) is 0.0738. The highest BCUT2D eigenvalue weighted by Crippen LogP contribution is 2.66. The van der Waals surface area contributed by atoms with Gasteiger partial charge in [0.1, 0.15) is 35.6 Å². The summed E-state index contributed by atoms with van der Waals surface area (Å²) in [6.45, 7) is 12.4. The maximum Gasteiger partial charge on any atom is 0.408 e. The maximum atomic E-state index is 15.1. The zero-order valence-electron chi connectivity index (χ0n) is 39.4. The van der Waals surface area contributed by atoms with E-state index < -0.39 is 136 Å². The van der Waals surface area contributed by atoms with Crippen LogP contribution in [0.2, 0.25) is 0 Å². The predicted octanol–water partition coefficient (Wildman–Crippen LogP) is 3.17. The molecule has 0 radical (unpaired) electrons. The molecule has 5 aliphatic rings. The van der Waals surface area contributed by atoms with Crippen LogP contribution in [0.15, 0.2) is 60.7 Å². The molecule has 0 aromatic heterocycles. The average Bonchev–Trinajstić information content (AvgIpc) is 3.76. The Balaban J connectivity index is 1.35. The van der Waals surface area contributed by atoms with Crippen molar-refractivity contribution >= 4 is 30.0 Å². The number of hydrazine groups is 1. The van der Waals surface area contributed by atoms with Crippen molar-refractivity contribution in [1.29, 1.82) is 0 Å². The summed E-state index contributed by atoms with van der Waals surface area (Å²) in [5.74, 6) is -1.98. The maximum absolute atomic E-state index is 15.1. The van der Waals surface area contributed by atoms with Crippen LogP contribution in [-0.2, 0) is 42.8 Å². The first-order valence-electron chi connectivity index (χ1n) is 23.1. The van der Waals surface area contributed by atoms with E-state index in [0.29, 0.717) is 24.8 Å². The van der Waals surface area contributed by atoms with Crippen molar-refractivity contribution in [2.75, 3.05) is 6.61 Å². The molecule has 4 saturated carbocycles. The fourth-order valence-electron chi connectivity index (χ4n) is 12.0. The number of carbonyl (C=O) groups is 5. The highest BCUT2D eigenvalue weighted by Gasteiger charge is 2.79. The molecule has 1 heterocycles. The van der Waals surface area contributed by atoms with E-state index in [2.05, 4.69) is 10.7 Å². The Morgan fingerprint density at radius 3 is 2.12 bits per heavy atom. The number of rotatable bonds is 11. The van der Waals surface area contributed by atoms with Gasteiger partial charge in [0, 0.05) is 42.6 Å². The van der Waals surface area contributed by atoms with E-state index >= 15 is 4.79 Å². The van der Waals surface area contributed by atoms with Crippen molar-refractivity contribution in [3.63, 3.8) is 0 Å². The van der Waals surface area contributed by atoms with Gasteiger partial charge in [-0.2, -0.15) is 0 Å². The Morgan fingerprint density at radius 2 is 1.55 bits per heavy atom. The van der Waals surface area contributed by atoms with Crippen molar-refractivity contribution in [3.8, 4) is 0 Å². The minimum atomic E-state index is -2.31. The molecule has 1 saturated heterocycles. The molecule has 2 bridgehead atoms. The molecule has 18 heteroatoms. The number of esters is 4. The highest BCUT2D eigenvalue weighted by atomic mass is 16.6. The lowest BCUT2D eigenvalue weighted by Gasteiger charge is -2.70. The molecule has 0 spiro atoms. The van der Waals surface area contributed by atoms with Gasteiger partial charge in [-0.25, -0.2) is 14.4 Å². The molecule has 67 heavy (non-hydrogen) atoms. The third kappa shape index (κ3) is 9.06. The predicted molar refractivity (Wildman–Crippen MR) is 237 cm³/mol. The van der Waals surface area contributed by atoms with Gasteiger partial charge in [-0.3, -0.25) is 20.9 Å². The number of hydrogen-bond acceptors (Lipinski definition) is 17. The Hall–Kier alpha value is -4.69. The third-order valence-corrected chi connectivity index (χ3v) is 15.6. The number of aliphatic hydroxyl groups is 4. The minimum absolute atomic E-state index is 0.0983. The van der Waals surface area contributed by atoms with Crippen LogP contribution < -0.4 is 16.6 Å². The molecule has 2 aromatic rings. The number of fused-ring (bicyclic) bond motifs is 5. The standard InChI is InChI=1S/C49H67N3O15/c1-25-31(63-43(59)37(64-42(58)29-19-20-30(21-29)52-50)35(27-15-11-9-12-16-27)51-44(60)67-45(3,4)5)23-49(61)40(65-41(57)28-17-13-10-14-18-28)38-47(8,39(56)36(55)34(25)46(49,6)7)32(54)22-33-48(38,24-62-33)66-26(2)53/h9-18,25,29-40,52,54-56,61H,19-24,50H2,1-8H3,(H,51,60)/t25?,29?,30?,31-,32-,33?,34-,35-,36+,37+,38-,39+,40-,47+,48-,49+/m1/s1. The van der Waals surface area contributed by atoms with Gasteiger partial charge in [0.15, 0.2) is 5.60 Å². The lowest BCUT2D eigenvalue weighted by molar-refractivity contribution is -0.379. The van der Waals surface area contributed by atoms with E-state index in [4.69, 9.17) is 34.3 Å². The van der Waals surface area contributed by atoms with Crippen LogP contribution >= 0.6 is 0 Å². The number of alkyl carbamates (subject to hydrolysis) is 1. The molecule has 4 unspecified atom stereocenters. The lowest BCUT2D eigenvalue weighted by atomic mass is 9.42. The summed E-state index contributed by atoms with van der Waals surface area (Å²) in [6, 6.07) is 14.7. The van der Waals surface area contributed by atoms with Gasteiger partial charge in [-0.15, -0.1) is 0 Å². The number of nitrogens with two attached hydrogens (primary N) is 1. The highest BCUT2D eigenvalue weighted by molar-refractivity contribution is 5.89. The van der Waals surface area contributed by atoms with Gasteiger partial charge >= 0.3 is 30.0 Å². The molecule has 1 amide bonds. The van der Waals surface area contributed by atoms with Crippen LogP contribution in [0.4, 0.5) is 4.79 Å². The van der Waals surface area contributed by atoms with Crippen LogP contribution in [-0.4, -0.2) is 123 Å². The zero-order chi connectivity index (χ0) is 49.0. The smallest absolute Gasteiger partial charge is 0.408 e. The molecule has 5 fully saturated rings. The Bertz CT molecular complexity index is 2150. The fraction of sp³-hybridized carbons (Fsp3) is 0.653. The second kappa shape index (κ2) is 18.7. The molecule has 4 aliphatic carbocycles. The first-order chi connectivity index (χ1) is 31.4. The number of amides is 1. The molecule has 1 aliphatic heterocycles. The van der Waals surface area contributed by atoms with E-state index in [1.807, 2.05) is 0 Å². The zero-order valence-corrected chi connectivity index (χ0v) is 39.4. The Kier molecular flexibility index (Phi) is 14.0. The first-order valence-corrected chi connectivity index (χ1v) is 23.1. The van der Waals surface area contributed by atoms with Gasteiger partial charge in [-0.05, 0) is 63.6 Å². The van der Waals surface area contributed by atoms with Crippen molar-refractivity contribution in [1.82, 2.24) is 10.7 Å². The summed E-state index contributed by atoms with van der Waals surface area (Å²) in [5.41, 5.74) is -5.16. The first kappa shape index (κ1) is 50.2. The van der Waals surface area contributed by atoms with Crippen molar-refractivity contribution in [2.45, 2.75) is 159 Å². The van der Waals surface area contributed by atoms with Crippen LogP contribution in [0.1, 0.15) is 109 Å². The van der Waals surface area contributed by atoms with Crippen molar-refractivity contribution in [2.24, 2.45) is 40.3 Å². The van der Waals surface area contributed by atoms with Crippen molar-refractivity contribution in [3.05, 3.63) is 71.8 Å². The second-order valence-corrected chi connectivity index (χ2v) is 21.0. The van der Waals surface area contributed by atoms with Crippen LogP contribution in [0.5, 0.6) is 0 Å². The number of hydrogen-bond donors (Lipinski definition) is 7. The third-order valence-electron chi connectivity index (χ3n) is 15.6. The van der Waals surface area contributed by atoms with Crippen LogP contribution in [0, 0.1) is 34.5 Å². The van der Waals surface area contributed by atoms with E-state index in [1.54, 1.807) is 90.1 Å². The molecular formula is C49H67N3O15. The summed E-state index contributed by atoms with van der Waals surface area (Å²) in [7, 11) is 0. The van der Waals surface area contributed by atoms with Crippen molar-refractivity contribution < 1.29 is 72.8 Å². The topological polar surface area (TPSA) is 272 Å². The van der Waals surface area contributed by atoms with E-state index in [9.17, 15) is 39.6 Å². The molecule has 8 N–H and O–H groups in total. The second-order valence-electron chi connectivity index (χ2n) is 21.0. The number of benzene rings is 2. The summed E-state index contributed by atoms with van der Waals surface area (Å²) >= 11 is 0. The van der Waals surface area contributed by atoms with E-state index in [0.717, 1.165) is 0 Å². The van der Waals surface area contributed by atoms with Gasteiger partial charge in [-0.1, -0.05) is 76.2 Å². The number of ether oxygens (including phenoxy) is 6. The van der Waals surface area contributed by atoms with Gasteiger partial charge in [0.25, 0.3) is 0 Å². The SMILES string of the molecule is CC(=O)O[C@]12COC1C[C@@H](O)[C@@]1(C)[C@H]2[C@@H](OC(=O)c2ccccc2)[C@@]2(O)C[C@@H](OC(=O)[C@@H](OC(=O)C3CCC(NN)C3)[C@H](NC(=O)OC(C)(C)C)c3ccccc3)C(C)[C@H]([C@H](O)[C@@H]1O)C2(C)C. The average molecular weight is 938 g/mol. The summed E-state index contributed by atoms with van der Waals surface area (Å²) in [4.78, 5) is 70.1. The molecular weight excluding hydrogens is 871 g/mol. The minimum Gasteiger partial charge on any atom is -0.459 e. The van der Waals surface area contributed by atoms with Crippen LogP contribution in [0.3, 0.4) is 0 Å². The summed E-state index contributed by atoms with van der Waals surface area (Å²) < 4.78 is 36.6. The van der Waals surface area contributed by atoms with Gasteiger partial charge < -0.3 is 54.2 Å². The molecule has 2 aromatic carbocycles. The molecule has 16 atom stereocenters. The van der Waals surface area contributed by atoms with Crippen LogP contribution in [0.25, 0.3) is 0 Å². The fourth-order valence-corrected chi connectivity index (χ4v) is 12.0. The Labute approximate surface area is 390 Å².